The van der Waals surface area contributed by atoms with Crippen LogP contribution in [0.15, 0.2) is 58.3 Å². The maximum absolute atomic E-state index is 12.8. The molecule has 6 heteroatoms. The van der Waals surface area contributed by atoms with Crippen molar-refractivity contribution in [2.75, 3.05) is 0 Å². The van der Waals surface area contributed by atoms with Gasteiger partial charge < -0.3 is 0 Å². The number of alkyl halides is 3. The molecule has 0 heterocycles. The first kappa shape index (κ1) is 14.6. The van der Waals surface area contributed by atoms with Gasteiger partial charge in [0.1, 0.15) is 0 Å². The van der Waals surface area contributed by atoms with Crippen molar-refractivity contribution in [3.8, 4) is 0 Å². The maximum Gasteiger partial charge on any atom is 0.416 e. The maximum atomic E-state index is 12.8. The molecule has 0 saturated carbocycles. The summed E-state index contributed by atoms with van der Waals surface area (Å²) in [6.45, 7) is 1.17. The molecule has 2 aromatic rings. The standard InChI is InChI=1S/C14H11F3O2S/c1-10-12(14(15,16)17)8-5-9-13(10)20(18,19)11-6-3-2-4-7-11/h2-9H,1H3. The molecule has 0 N–H and O–H groups in total. The van der Waals surface area contributed by atoms with Crippen molar-refractivity contribution in [1.82, 2.24) is 0 Å². The molecule has 0 aliphatic rings. The number of benzene rings is 2. The van der Waals surface area contributed by atoms with E-state index in [9.17, 15) is 21.6 Å². The lowest BCUT2D eigenvalue weighted by molar-refractivity contribution is -0.138. The van der Waals surface area contributed by atoms with Crippen LogP contribution in [0.4, 0.5) is 13.2 Å². The monoisotopic (exact) mass is 300 g/mol. The van der Waals surface area contributed by atoms with E-state index in [4.69, 9.17) is 0 Å². The highest BCUT2D eigenvalue weighted by Crippen LogP contribution is 2.35. The zero-order chi connectivity index (χ0) is 15.0. The predicted molar refractivity (Wildman–Crippen MR) is 68.1 cm³/mol. The molecule has 0 radical (unpaired) electrons. The van der Waals surface area contributed by atoms with Crippen molar-refractivity contribution in [2.45, 2.75) is 22.9 Å². The summed E-state index contributed by atoms with van der Waals surface area (Å²) in [6.07, 6.45) is -4.58. The molecule has 0 atom stereocenters. The number of halogens is 3. The van der Waals surface area contributed by atoms with Gasteiger partial charge in [0, 0.05) is 0 Å². The summed E-state index contributed by atoms with van der Waals surface area (Å²) in [7, 11) is -3.95. The summed E-state index contributed by atoms with van der Waals surface area (Å²) in [6, 6.07) is 10.6. The number of sulfone groups is 1. The molecule has 2 aromatic carbocycles. The zero-order valence-electron chi connectivity index (χ0n) is 10.5. The van der Waals surface area contributed by atoms with E-state index >= 15 is 0 Å². The lowest BCUT2D eigenvalue weighted by Gasteiger charge is -2.14. The topological polar surface area (TPSA) is 34.1 Å². The molecule has 0 fully saturated rings. The van der Waals surface area contributed by atoms with Crippen molar-refractivity contribution < 1.29 is 21.6 Å². The Morgan fingerprint density at radius 3 is 2.05 bits per heavy atom. The van der Waals surface area contributed by atoms with Crippen LogP contribution in [0.2, 0.25) is 0 Å². The van der Waals surface area contributed by atoms with Crippen molar-refractivity contribution in [1.29, 1.82) is 0 Å². The summed E-state index contributed by atoms with van der Waals surface area (Å²) < 4.78 is 63.2. The van der Waals surface area contributed by atoms with Gasteiger partial charge in [-0.15, -0.1) is 0 Å². The molecule has 20 heavy (non-hydrogen) atoms. The lowest BCUT2D eigenvalue weighted by atomic mass is 10.1. The zero-order valence-corrected chi connectivity index (χ0v) is 11.3. The van der Waals surface area contributed by atoms with Crippen molar-refractivity contribution >= 4 is 9.84 Å². The van der Waals surface area contributed by atoms with E-state index in [1.807, 2.05) is 0 Å². The molecule has 0 bridgehead atoms. The minimum atomic E-state index is -4.58. The highest BCUT2D eigenvalue weighted by atomic mass is 32.2. The Bertz CT molecular complexity index is 720. The van der Waals surface area contributed by atoms with Crippen LogP contribution in [0.5, 0.6) is 0 Å². The highest BCUT2D eigenvalue weighted by molar-refractivity contribution is 7.91. The molecule has 0 aliphatic heterocycles. The van der Waals surface area contributed by atoms with E-state index in [1.165, 1.54) is 37.3 Å². The fourth-order valence-corrected chi connectivity index (χ4v) is 3.48. The summed E-state index contributed by atoms with van der Waals surface area (Å²) in [5, 5.41) is 0. The van der Waals surface area contributed by atoms with Crippen LogP contribution in [0.25, 0.3) is 0 Å². The third kappa shape index (κ3) is 2.56. The minimum Gasteiger partial charge on any atom is -0.219 e. The Balaban J connectivity index is 2.66. The van der Waals surface area contributed by atoms with Crippen LogP contribution in [0, 0.1) is 6.92 Å². The van der Waals surface area contributed by atoms with Crippen molar-refractivity contribution in [3.63, 3.8) is 0 Å². The van der Waals surface area contributed by atoms with Gasteiger partial charge in [0.25, 0.3) is 0 Å². The first-order valence-corrected chi connectivity index (χ1v) is 7.20. The summed E-state index contributed by atoms with van der Waals surface area (Å²) in [4.78, 5) is -0.346. The van der Waals surface area contributed by atoms with Crippen molar-refractivity contribution in [3.05, 3.63) is 59.7 Å². The third-order valence-corrected chi connectivity index (χ3v) is 4.85. The van der Waals surface area contributed by atoms with Crippen LogP contribution >= 0.6 is 0 Å². The Morgan fingerprint density at radius 1 is 0.900 bits per heavy atom. The number of hydrogen-bond donors (Lipinski definition) is 0. The fraction of sp³-hybridized carbons (Fsp3) is 0.143. The van der Waals surface area contributed by atoms with E-state index in [1.54, 1.807) is 6.07 Å². The largest absolute Gasteiger partial charge is 0.416 e. The van der Waals surface area contributed by atoms with Gasteiger partial charge in [-0.1, -0.05) is 24.3 Å². The molecular formula is C14H11F3O2S. The second-order valence-electron chi connectivity index (χ2n) is 4.24. The van der Waals surface area contributed by atoms with E-state index < -0.39 is 21.6 Å². The smallest absolute Gasteiger partial charge is 0.219 e. The summed E-state index contributed by atoms with van der Waals surface area (Å²) in [5.41, 5.74) is -1.22. The molecule has 0 aliphatic carbocycles. The molecule has 0 saturated heterocycles. The van der Waals surface area contributed by atoms with Gasteiger partial charge in [0.15, 0.2) is 0 Å². The van der Waals surface area contributed by atoms with E-state index in [-0.39, 0.29) is 15.4 Å². The van der Waals surface area contributed by atoms with Crippen LogP contribution in [0.1, 0.15) is 11.1 Å². The van der Waals surface area contributed by atoms with Crippen molar-refractivity contribution in [2.24, 2.45) is 0 Å². The Labute approximate surface area is 114 Å². The van der Waals surface area contributed by atoms with E-state index in [0.29, 0.717) is 0 Å². The number of hydrogen-bond acceptors (Lipinski definition) is 2. The molecule has 2 nitrogen and oxygen atoms in total. The normalized spacial score (nSPS) is 12.4. The van der Waals surface area contributed by atoms with Gasteiger partial charge in [-0.25, -0.2) is 8.42 Å². The summed E-state index contributed by atoms with van der Waals surface area (Å²) >= 11 is 0. The first-order chi connectivity index (χ1) is 9.24. The second-order valence-corrected chi connectivity index (χ2v) is 6.16. The van der Waals surface area contributed by atoms with Gasteiger partial charge in [-0.05, 0) is 36.8 Å². The Kier molecular flexibility index (Phi) is 3.60. The summed E-state index contributed by atoms with van der Waals surface area (Å²) in [5.74, 6) is 0. The van der Waals surface area contributed by atoms with E-state index in [2.05, 4.69) is 0 Å². The van der Waals surface area contributed by atoms with Crippen LogP contribution in [-0.2, 0) is 16.0 Å². The number of rotatable bonds is 2. The van der Waals surface area contributed by atoms with E-state index in [0.717, 1.165) is 12.1 Å². The highest BCUT2D eigenvalue weighted by Gasteiger charge is 2.34. The SMILES string of the molecule is Cc1c(C(F)(F)F)cccc1S(=O)(=O)c1ccccc1. The van der Waals surface area contributed by atoms with Gasteiger partial charge in [-0.2, -0.15) is 13.2 Å². The van der Waals surface area contributed by atoms with Gasteiger partial charge in [0.2, 0.25) is 9.84 Å². The minimum absolute atomic E-state index is 0.0255. The average molecular weight is 300 g/mol. The fourth-order valence-electron chi connectivity index (χ4n) is 1.94. The van der Waals surface area contributed by atoms with Crippen LogP contribution in [0.3, 0.4) is 0 Å². The van der Waals surface area contributed by atoms with Crippen LogP contribution in [-0.4, -0.2) is 8.42 Å². The Morgan fingerprint density at radius 2 is 1.50 bits per heavy atom. The molecule has 106 valence electrons. The van der Waals surface area contributed by atoms with Crippen LogP contribution < -0.4 is 0 Å². The second kappa shape index (κ2) is 4.94. The molecule has 0 aromatic heterocycles. The molecule has 2 rings (SSSR count). The molecular weight excluding hydrogens is 289 g/mol. The third-order valence-electron chi connectivity index (χ3n) is 2.93. The average Bonchev–Trinajstić information content (AvgIpc) is 2.38. The lowest BCUT2D eigenvalue weighted by Crippen LogP contribution is -2.12. The predicted octanol–water partition coefficient (Wildman–Crippen LogP) is 3.85. The Hall–Kier alpha value is -1.82. The molecule has 0 amide bonds. The van der Waals surface area contributed by atoms with Gasteiger partial charge in [-0.3, -0.25) is 0 Å². The van der Waals surface area contributed by atoms with Gasteiger partial charge in [0.05, 0.1) is 15.4 Å². The molecule has 0 spiro atoms. The first-order valence-electron chi connectivity index (χ1n) is 5.71. The quantitative estimate of drug-likeness (QED) is 0.844. The molecule has 0 unspecified atom stereocenters. The van der Waals surface area contributed by atoms with Gasteiger partial charge >= 0.3 is 6.18 Å².